The van der Waals surface area contributed by atoms with E-state index in [-0.39, 0.29) is 37.8 Å². The number of phenols is 1. The molecule has 1 aliphatic heterocycles. The van der Waals surface area contributed by atoms with Crippen LogP contribution >= 0.6 is 23.2 Å². The standard InChI is InChI=1S/C29H28Cl2N2O8/c1-2-33(23-8-3-4-9-24(23)34)28(36)26-25(40-16-41-26)27(35)32-22(29(37)38)14-17-10-12-18(13-11-17)39-15-19-20(30)6-5-7-21(19)31/h3-13,22,25-26,34H,2,14-16H2,1H3,(H,32,35)(H,37,38)/t22-,25+,26+/m0/s1. The first-order chi connectivity index (χ1) is 19.7. The van der Waals surface area contributed by atoms with Crippen molar-refractivity contribution in [1.29, 1.82) is 0 Å². The van der Waals surface area contributed by atoms with Crippen LogP contribution in [0.1, 0.15) is 18.1 Å². The molecule has 0 radical (unpaired) electrons. The second-order valence-electron chi connectivity index (χ2n) is 9.10. The van der Waals surface area contributed by atoms with Gasteiger partial charge in [0.25, 0.3) is 11.8 Å². The van der Waals surface area contributed by atoms with Crippen molar-refractivity contribution in [2.24, 2.45) is 0 Å². The largest absolute Gasteiger partial charge is 0.506 e. The van der Waals surface area contributed by atoms with Gasteiger partial charge in [0.1, 0.15) is 30.9 Å². The van der Waals surface area contributed by atoms with E-state index >= 15 is 0 Å². The molecule has 1 heterocycles. The van der Waals surface area contributed by atoms with Crippen LogP contribution in [0.25, 0.3) is 0 Å². The maximum Gasteiger partial charge on any atom is 0.326 e. The maximum absolute atomic E-state index is 13.3. The molecule has 3 N–H and O–H groups in total. The molecule has 1 saturated heterocycles. The average molecular weight is 603 g/mol. The number of carboxylic acid groups (broad SMARTS) is 1. The predicted octanol–water partition coefficient (Wildman–Crippen LogP) is 4.18. The third-order valence-electron chi connectivity index (χ3n) is 6.45. The minimum absolute atomic E-state index is 0.0388. The van der Waals surface area contributed by atoms with Gasteiger partial charge in [-0.05, 0) is 48.9 Å². The third kappa shape index (κ3) is 7.28. The number of benzene rings is 3. The van der Waals surface area contributed by atoms with E-state index in [1.165, 1.54) is 11.0 Å². The summed E-state index contributed by atoms with van der Waals surface area (Å²) in [4.78, 5) is 39.6. The fraction of sp³-hybridized carbons (Fsp3) is 0.276. The Balaban J connectivity index is 1.39. The zero-order valence-electron chi connectivity index (χ0n) is 22.0. The molecule has 2 amide bonds. The number of carbonyl (C=O) groups excluding carboxylic acids is 2. The molecule has 4 rings (SSSR count). The van der Waals surface area contributed by atoms with Gasteiger partial charge in [-0.3, -0.25) is 9.59 Å². The zero-order valence-corrected chi connectivity index (χ0v) is 23.5. The molecule has 3 aromatic carbocycles. The Bertz CT molecular complexity index is 1380. The summed E-state index contributed by atoms with van der Waals surface area (Å²) in [7, 11) is 0. The molecule has 10 nitrogen and oxygen atoms in total. The highest BCUT2D eigenvalue weighted by atomic mass is 35.5. The van der Waals surface area contributed by atoms with Crippen LogP contribution in [0.4, 0.5) is 5.69 Å². The lowest BCUT2D eigenvalue weighted by Crippen LogP contribution is -2.53. The maximum atomic E-state index is 13.3. The average Bonchev–Trinajstić information content (AvgIpc) is 3.45. The number of likely N-dealkylation sites (N-methyl/N-ethyl adjacent to an activating group) is 1. The number of amides is 2. The fourth-order valence-corrected chi connectivity index (χ4v) is 4.81. The van der Waals surface area contributed by atoms with Crippen molar-refractivity contribution in [3.63, 3.8) is 0 Å². The Hall–Kier alpha value is -3.83. The number of nitrogens with one attached hydrogen (secondary N) is 1. The number of carbonyl (C=O) groups is 3. The number of hydrogen-bond donors (Lipinski definition) is 3. The van der Waals surface area contributed by atoms with E-state index in [0.29, 0.717) is 26.9 Å². The molecular weight excluding hydrogens is 575 g/mol. The van der Waals surface area contributed by atoms with Crippen LogP contribution in [-0.4, -0.2) is 59.6 Å². The molecule has 3 aromatic rings. The summed E-state index contributed by atoms with van der Waals surface area (Å²) in [6.45, 7) is 1.71. The lowest BCUT2D eigenvalue weighted by Gasteiger charge is -2.26. The van der Waals surface area contributed by atoms with Crippen molar-refractivity contribution in [3.8, 4) is 11.5 Å². The van der Waals surface area contributed by atoms with E-state index in [0.717, 1.165) is 0 Å². The normalized spacial score (nSPS) is 17.0. The number of anilines is 1. The van der Waals surface area contributed by atoms with Crippen LogP contribution in [0.3, 0.4) is 0 Å². The number of ether oxygens (including phenoxy) is 3. The first kappa shape index (κ1) is 30.1. The summed E-state index contributed by atoms with van der Waals surface area (Å²) < 4.78 is 16.5. The Kier molecular flexibility index (Phi) is 10.1. The summed E-state index contributed by atoms with van der Waals surface area (Å²) in [5.74, 6) is -2.27. The Morgan fingerprint density at radius 3 is 2.29 bits per heavy atom. The van der Waals surface area contributed by atoms with Crippen molar-refractivity contribution >= 4 is 46.7 Å². The van der Waals surface area contributed by atoms with E-state index in [9.17, 15) is 24.6 Å². The monoisotopic (exact) mass is 602 g/mol. The number of halogens is 2. The van der Waals surface area contributed by atoms with E-state index in [1.807, 2.05) is 0 Å². The van der Waals surface area contributed by atoms with Crippen LogP contribution in [-0.2, 0) is 36.9 Å². The fourth-order valence-electron chi connectivity index (χ4n) is 4.30. The molecule has 41 heavy (non-hydrogen) atoms. The minimum Gasteiger partial charge on any atom is -0.506 e. The number of phenolic OH excluding ortho intramolecular Hbond substituents is 1. The number of hydrogen-bond acceptors (Lipinski definition) is 7. The predicted molar refractivity (Wildman–Crippen MR) is 151 cm³/mol. The molecule has 0 aromatic heterocycles. The highest BCUT2D eigenvalue weighted by Crippen LogP contribution is 2.29. The molecular formula is C29H28Cl2N2O8. The Morgan fingerprint density at radius 2 is 1.66 bits per heavy atom. The van der Waals surface area contributed by atoms with Crippen LogP contribution in [0.5, 0.6) is 11.5 Å². The molecule has 3 atom stereocenters. The summed E-state index contributed by atoms with van der Waals surface area (Å²) in [6.07, 6.45) is -2.74. The Labute approximate surface area is 246 Å². The van der Waals surface area contributed by atoms with E-state index < -0.39 is 36.0 Å². The molecule has 0 unspecified atom stereocenters. The summed E-state index contributed by atoms with van der Waals surface area (Å²) in [5, 5.41) is 23.4. The van der Waals surface area contributed by atoms with Crippen molar-refractivity contribution in [3.05, 3.63) is 87.9 Å². The lowest BCUT2D eigenvalue weighted by molar-refractivity contribution is -0.144. The molecule has 0 saturated carbocycles. The molecule has 0 aliphatic carbocycles. The number of aliphatic carboxylic acids is 1. The van der Waals surface area contributed by atoms with Crippen LogP contribution in [0.15, 0.2) is 66.7 Å². The van der Waals surface area contributed by atoms with Gasteiger partial charge in [-0.15, -0.1) is 0 Å². The number of aromatic hydroxyl groups is 1. The number of rotatable bonds is 11. The summed E-state index contributed by atoms with van der Waals surface area (Å²) in [5.41, 5.74) is 1.51. The highest BCUT2D eigenvalue weighted by Gasteiger charge is 2.43. The zero-order chi connectivity index (χ0) is 29.5. The van der Waals surface area contributed by atoms with Crippen molar-refractivity contribution in [2.75, 3.05) is 18.2 Å². The molecule has 1 fully saturated rings. The van der Waals surface area contributed by atoms with E-state index in [2.05, 4.69) is 5.32 Å². The van der Waals surface area contributed by atoms with Gasteiger partial charge >= 0.3 is 5.97 Å². The van der Waals surface area contributed by atoms with Crippen LogP contribution < -0.4 is 15.0 Å². The quantitative estimate of drug-likeness (QED) is 0.297. The molecule has 0 bridgehead atoms. The van der Waals surface area contributed by atoms with Crippen LogP contribution in [0.2, 0.25) is 10.0 Å². The van der Waals surface area contributed by atoms with Gasteiger partial charge in [-0.2, -0.15) is 0 Å². The van der Waals surface area contributed by atoms with Gasteiger partial charge < -0.3 is 34.6 Å². The van der Waals surface area contributed by atoms with Gasteiger partial charge in [-0.25, -0.2) is 4.79 Å². The number of para-hydroxylation sites is 2. The molecule has 0 spiro atoms. The first-order valence-electron chi connectivity index (χ1n) is 12.7. The van der Waals surface area contributed by atoms with E-state index in [1.54, 1.807) is 67.6 Å². The first-order valence-corrected chi connectivity index (χ1v) is 13.5. The van der Waals surface area contributed by atoms with Gasteiger partial charge in [0.2, 0.25) is 0 Å². The van der Waals surface area contributed by atoms with Crippen molar-refractivity contribution in [2.45, 2.75) is 38.2 Å². The summed E-state index contributed by atoms with van der Waals surface area (Å²) in [6, 6.07) is 16.8. The summed E-state index contributed by atoms with van der Waals surface area (Å²) >= 11 is 12.4. The van der Waals surface area contributed by atoms with Gasteiger partial charge in [0.15, 0.2) is 12.2 Å². The third-order valence-corrected chi connectivity index (χ3v) is 7.16. The van der Waals surface area contributed by atoms with Crippen LogP contribution in [0, 0.1) is 0 Å². The van der Waals surface area contributed by atoms with Crippen molar-refractivity contribution in [1.82, 2.24) is 5.32 Å². The Morgan fingerprint density at radius 1 is 1.00 bits per heavy atom. The molecule has 216 valence electrons. The second-order valence-corrected chi connectivity index (χ2v) is 9.91. The molecule has 1 aliphatic rings. The smallest absolute Gasteiger partial charge is 0.326 e. The second kappa shape index (κ2) is 13.7. The number of nitrogens with zero attached hydrogens (tertiary/aromatic N) is 1. The lowest BCUT2D eigenvalue weighted by atomic mass is 10.0. The minimum atomic E-state index is -1.38. The SMILES string of the molecule is CCN(C(=O)[C@@H]1OCO[C@H]1C(=O)N[C@@H](Cc1ccc(OCc2c(Cl)cccc2Cl)cc1)C(=O)O)c1ccccc1O. The molecule has 12 heteroatoms. The van der Waals surface area contributed by atoms with Gasteiger partial charge in [0.05, 0.1) is 5.69 Å². The van der Waals surface area contributed by atoms with E-state index in [4.69, 9.17) is 37.4 Å². The van der Waals surface area contributed by atoms with Crippen molar-refractivity contribution < 1.29 is 38.8 Å². The topological polar surface area (TPSA) is 135 Å². The van der Waals surface area contributed by atoms with Gasteiger partial charge in [0, 0.05) is 28.6 Å². The van der Waals surface area contributed by atoms with Gasteiger partial charge in [-0.1, -0.05) is 53.5 Å². The number of carboxylic acids is 1. The highest BCUT2D eigenvalue weighted by molar-refractivity contribution is 6.35.